The van der Waals surface area contributed by atoms with Gasteiger partial charge in [-0.25, -0.2) is 8.42 Å². The van der Waals surface area contributed by atoms with Crippen LogP contribution in [0.5, 0.6) is 0 Å². The van der Waals surface area contributed by atoms with Crippen molar-refractivity contribution in [1.82, 2.24) is 4.31 Å². The summed E-state index contributed by atoms with van der Waals surface area (Å²) in [5.74, 6) is 0.259. The highest BCUT2D eigenvalue weighted by Gasteiger charge is 2.23. The molecule has 116 valence electrons. The molecule has 19 heavy (non-hydrogen) atoms. The molecule has 0 heterocycles. The number of unbranched alkanes of at least 4 members (excludes halogenated alkanes) is 2. The second-order valence-corrected chi connectivity index (χ2v) is 8.31. The van der Waals surface area contributed by atoms with Crippen molar-refractivity contribution in [3.05, 3.63) is 0 Å². The molecule has 0 saturated carbocycles. The molecule has 0 spiro atoms. The van der Waals surface area contributed by atoms with Crippen molar-refractivity contribution < 1.29 is 13.2 Å². The van der Waals surface area contributed by atoms with Crippen LogP contribution in [-0.4, -0.2) is 45.3 Å². The van der Waals surface area contributed by atoms with E-state index in [1.165, 1.54) is 0 Å². The molecule has 0 aromatic carbocycles. The minimum atomic E-state index is -3.14. The Bertz CT molecular complexity index is 320. The smallest absolute Gasteiger partial charge is 0.214 e. The first-order chi connectivity index (χ1) is 8.73. The van der Waals surface area contributed by atoms with E-state index in [-0.39, 0.29) is 11.2 Å². The number of hydrogen-bond donors (Lipinski definition) is 0. The molecule has 4 nitrogen and oxygen atoms in total. The van der Waals surface area contributed by atoms with Crippen molar-refractivity contribution in [2.45, 2.75) is 53.4 Å². The highest BCUT2D eigenvalue weighted by atomic mass is 32.2. The molecule has 0 aliphatic carbocycles. The molecular weight excluding hydrogens is 262 g/mol. The second kappa shape index (κ2) is 8.93. The van der Waals surface area contributed by atoms with Crippen molar-refractivity contribution >= 4 is 10.0 Å². The third kappa shape index (κ3) is 9.41. The van der Waals surface area contributed by atoms with Gasteiger partial charge in [0.1, 0.15) is 0 Å². The minimum absolute atomic E-state index is 0.143. The molecule has 0 aromatic rings. The molecule has 0 saturated heterocycles. The lowest BCUT2D eigenvalue weighted by atomic mass is 9.92. The molecule has 0 unspecified atom stereocenters. The number of methoxy groups -OCH3 is 1. The van der Waals surface area contributed by atoms with E-state index in [4.69, 9.17) is 4.74 Å². The fourth-order valence-corrected chi connectivity index (χ4v) is 3.26. The SMILES string of the molecule is CCCCCS(=O)(=O)N(CCOC)CCC(C)(C)C. The Morgan fingerprint density at radius 2 is 1.74 bits per heavy atom. The molecule has 0 aromatic heterocycles. The molecule has 0 amide bonds. The van der Waals surface area contributed by atoms with Crippen molar-refractivity contribution in [1.29, 1.82) is 0 Å². The summed E-state index contributed by atoms with van der Waals surface area (Å²) in [5, 5.41) is 0. The van der Waals surface area contributed by atoms with E-state index in [0.29, 0.717) is 19.7 Å². The van der Waals surface area contributed by atoms with E-state index in [9.17, 15) is 8.42 Å². The summed E-state index contributed by atoms with van der Waals surface area (Å²) in [6, 6.07) is 0. The highest BCUT2D eigenvalue weighted by Crippen LogP contribution is 2.20. The van der Waals surface area contributed by atoms with Gasteiger partial charge in [0.15, 0.2) is 0 Å². The van der Waals surface area contributed by atoms with Gasteiger partial charge < -0.3 is 4.74 Å². The van der Waals surface area contributed by atoms with Gasteiger partial charge in [-0.2, -0.15) is 4.31 Å². The van der Waals surface area contributed by atoms with Gasteiger partial charge in [0.2, 0.25) is 10.0 Å². The van der Waals surface area contributed by atoms with E-state index in [1.54, 1.807) is 11.4 Å². The molecule has 0 fully saturated rings. The topological polar surface area (TPSA) is 46.6 Å². The Morgan fingerprint density at radius 1 is 1.11 bits per heavy atom. The molecule has 5 heteroatoms. The van der Waals surface area contributed by atoms with Crippen molar-refractivity contribution in [2.75, 3.05) is 32.6 Å². The molecule has 0 N–H and O–H groups in total. The van der Waals surface area contributed by atoms with Crippen LogP contribution < -0.4 is 0 Å². The van der Waals surface area contributed by atoms with Crippen LogP contribution in [0.1, 0.15) is 53.4 Å². The molecule has 0 atom stereocenters. The number of ether oxygens (including phenoxy) is 1. The van der Waals surface area contributed by atoms with Gasteiger partial charge in [-0.15, -0.1) is 0 Å². The van der Waals surface area contributed by atoms with E-state index in [1.807, 2.05) is 0 Å². The lowest BCUT2D eigenvalue weighted by Gasteiger charge is -2.26. The molecule has 0 radical (unpaired) electrons. The van der Waals surface area contributed by atoms with Gasteiger partial charge in [0.25, 0.3) is 0 Å². The van der Waals surface area contributed by atoms with Crippen LogP contribution in [0.25, 0.3) is 0 Å². The molecule has 0 rings (SSSR count). The summed E-state index contributed by atoms with van der Waals surface area (Å²) in [4.78, 5) is 0. The lowest BCUT2D eigenvalue weighted by molar-refractivity contribution is 0.174. The van der Waals surface area contributed by atoms with Gasteiger partial charge in [0, 0.05) is 20.2 Å². The van der Waals surface area contributed by atoms with Crippen molar-refractivity contribution in [3.63, 3.8) is 0 Å². The quantitative estimate of drug-likeness (QED) is 0.582. The van der Waals surface area contributed by atoms with Crippen LogP contribution in [0.4, 0.5) is 0 Å². The third-order valence-corrected chi connectivity index (χ3v) is 5.01. The first-order valence-corrected chi connectivity index (χ1v) is 8.80. The standard InChI is InChI=1S/C14H31NO3S/c1-6-7-8-13-19(16,17)15(11-12-18-5)10-9-14(2,3)4/h6-13H2,1-5H3. The van der Waals surface area contributed by atoms with Crippen LogP contribution in [0.2, 0.25) is 0 Å². The van der Waals surface area contributed by atoms with Crippen LogP contribution in [0, 0.1) is 5.41 Å². The summed E-state index contributed by atoms with van der Waals surface area (Å²) in [6.07, 6.45) is 3.62. The average Bonchev–Trinajstić information content (AvgIpc) is 2.27. The van der Waals surface area contributed by atoms with Gasteiger partial charge in [-0.05, 0) is 18.3 Å². The summed E-state index contributed by atoms with van der Waals surface area (Å²) in [6.45, 7) is 9.97. The maximum absolute atomic E-state index is 12.3. The van der Waals surface area contributed by atoms with Crippen LogP contribution in [-0.2, 0) is 14.8 Å². The third-order valence-electron chi connectivity index (χ3n) is 3.06. The molecule has 0 aliphatic rings. The summed E-state index contributed by atoms with van der Waals surface area (Å²) >= 11 is 0. The predicted octanol–water partition coefficient (Wildman–Crippen LogP) is 2.89. The fraction of sp³-hybridized carbons (Fsp3) is 1.00. The van der Waals surface area contributed by atoms with Gasteiger partial charge in [-0.1, -0.05) is 40.5 Å². The Balaban J connectivity index is 4.53. The van der Waals surface area contributed by atoms with E-state index in [0.717, 1.165) is 25.7 Å². The zero-order valence-corrected chi connectivity index (χ0v) is 14.1. The first kappa shape index (κ1) is 18.9. The summed E-state index contributed by atoms with van der Waals surface area (Å²) < 4.78 is 31.2. The number of sulfonamides is 1. The predicted molar refractivity (Wildman–Crippen MR) is 80.8 cm³/mol. The Kier molecular flexibility index (Phi) is 8.86. The van der Waals surface area contributed by atoms with Gasteiger partial charge in [-0.3, -0.25) is 0 Å². The minimum Gasteiger partial charge on any atom is -0.383 e. The lowest BCUT2D eigenvalue weighted by Crippen LogP contribution is -2.37. The van der Waals surface area contributed by atoms with Gasteiger partial charge >= 0.3 is 0 Å². The molecule has 0 bridgehead atoms. The highest BCUT2D eigenvalue weighted by molar-refractivity contribution is 7.89. The Labute approximate surface area is 119 Å². The fourth-order valence-electron chi connectivity index (χ4n) is 1.71. The average molecular weight is 293 g/mol. The number of nitrogens with zero attached hydrogens (tertiary/aromatic N) is 1. The summed E-state index contributed by atoms with van der Waals surface area (Å²) in [7, 11) is -1.53. The van der Waals surface area contributed by atoms with Crippen LogP contribution in [0.15, 0.2) is 0 Å². The van der Waals surface area contributed by atoms with Crippen molar-refractivity contribution in [3.8, 4) is 0 Å². The normalized spacial score (nSPS) is 13.2. The Hall–Kier alpha value is -0.130. The van der Waals surface area contributed by atoms with Crippen LogP contribution >= 0.6 is 0 Å². The van der Waals surface area contributed by atoms with Crippen molar-refractivity contribution in [2.24, 2.45) is 5.41 Å². The number of rotatable bonds is 10. The monoisotopic (exact) mass is 293 g/mol. The second-order valence-electron chi connectivity index (χ2n) is 6.23. The maximum atomic E-state index is 12.3. The zero-order chi connectivity index (χ0) is 14.9. The van der Waals surface area contributed by atoms with E-state index < -0.39 is 10.0 Å². The Morgan fingerprint density at radius 3 is 2.21 bits per heavy atom. The zero-order valence-electron chi connectivity index (χ0n) is 13.2. The van der Waals surface area contributed by atoms with E-state index >= 15 is 0 Å². The molecule has 0 aliphatic heterocycles. The largest absolute Gasteiger partial charge is 0.383 e. The first-order valence-electron chi connectivity index (χ1n) is 7.19. The van der Waals surface area contributed by atoms with Gasteiger partial charge in [0.05, 0.1) is 12.4 Å². The summed E-state index contributed by atoms with van der Waals surface area (Å²) in [5.41, 5.74) is 0.143. The maximum Gasteiger partial charge on any atom is 0.214 e. The van der Waals surface area contributed by atoms with Crippen LogP contribution in [0.3, 0.4) is 0 Å². The number of hydrogen-bond acceptors (Lipinski definition) is 3. The molecular formula is C14H31NO3S. The van der Waals surface area contributed by atoms with E-state index in [2.05, 4.69) is 27.7 Å².